The van der Waals surface area contributed by atoms with Gasteiger partial charge in [-0.05, 0) is 56.2 Å². The maximum atomic E-state index is 12.4. The first-order valence-corrected chi connectivity index (χ1v) is 9.98. The van der Waals surface area contributed by atoms with E-state index in [4.69, 9.17) is 0 Å². The second-order valence-electron chi connectivity index (χ2n) is 8.22. The smallest absolute Gasteiger partial charge is 0.293 e. The molecule has 1 aromatic carbocycles. The quantitative estimate of drug-likeness (QED) is 0.414. The molecule has 0 aromatic heterocycles. The highest BCUT2D eigenvalue weighted by atomic mass is 16.6. The number of nitrogens with zero attached hydrogens (tertiary/aromatic N) is 2. The topological polar surface area (TPSA) is 87.5 Å². The number of hydrogen-bond acceptors (Lipinski definition) is 5. The lowest BCUT2D eigenvalue weighted by molar-refractivity contribution is -0.384. The van der Waals surface area contributed by atoms with Crippen LogP contribution in [0, 0.1) is 22.0 Å². The summed E-state index contributed by atoms with van der Waals surface area (Å²) in [4.78, 5) is 25.7. The fraction of sp³-hybridized carbons (Fsp3) is 0.650. The van der Waals surface area contributed by atoms with Crippen molar-refractivity contribution in [1.29, 1.82) is 0 Å². The molecule has 7 nitrogen and oxygen atoms in total. The number of rotatable bonds is 8. The average Bonchev–Trinajstić information content (AvgIpc) is 3.42. The molecule has 1 saturated carbocycles. The Balaban J connectivity index is 1.48. The summed E-state index contributed by atoms with van der Waals surface area (Å²) in [5.74, 6) is 1.20. The first-order valence-electron chi connectivity index (χ1n) is 9.98. The number of benzene rings is 1. The summed E-state index contributed by atoms with van der Waals surface area (Å²) in [5, 5.41) is 17.4. The van der Waals surface area contributed by atoms with Crippen LogP contribution in [0.25, 0.3) is 0 Å². The van der Waals surface area contributed by atoms with Gasteiger partial charge in [0.25, 0.3) is 11.6 Å². The summed E-state index contributed by atoms with van der Waals surface area (Å²) in [7, 11) is 0. The second-order valence-corrected chi connectivity index (χ2v) is 8.22. The maximum Gasteiger partial charge on any atom is 0.293 e. The van der Waals surface area contributed by atoms with Crippen LogP contribution in [0.3, 0.4) is 0 Å². The third-order valence-corrected chi connectivity index (χ3v) is 5.27. The van der Waals surface area contributed by atoms with Gasteiger partial charge >= 0.3 is 0 Å². The van der Waals surface area contributed by atoms with Gasteiger partial charge in [0.1, 0.15) is 5.69 Å². The van der Waals surface area contributed by atoms with Gasteiger partial charge in [-0.3, -0.25) is 14.9 Å². The van der Waals surface area contributed by atoms with Crippen LogP contribution in [0.4, 0.5) is 11.4 Å². The Morgan fingerprint density at radius 1 is 1.26 bits per heavy atom. The summed E-state index contributed by atoms with van der Waals surface area (Å²) in [6.45, 7) is 8.38. The van der Waals surface area contributed by atoms with E-state index in [2.05, 4.69) is 29.4 Å². The molecule has 0 radical (unpaired) electrons. The molecule has 1 aromatic rings. The molecule has 1 aliphatic heterocycles. The van der Waals surface area contributed by atoms with Crippen molar-refractivity contribution >= 4 is 17.3 Å². The van der Waals surface area contributed by atoms with E-state index < -0.39 is 4.92 Å². The third kappa shape index (κ3) is 5.66. The van der Waals surface area contributed by atoms with Crippen molar-refractivity contribution in [2.24, 2.45) is 11.8 Å². The van der Waals surface area contributed by atoms with Gasteiger partial charge in [0.2, 0.25) is 0 Å². The standard InChI is InChI=1S/C20H30N4O3/c1-14-10-15(2)13-23(12-14)9-3-8-21-20(25)16-4-7-18(22-17-5-6-17)19(11-16)24(26)27/h4,7,11,14-15,17,22H,3,5-6,8-10,12-13H2,1-2H3,(H,21,25)/t14-,15-/m1/s1. The van der Waals surface area contributed by atoms with E-state index in [0.717, 1.165) is 50.7 Å². The number of likely N-dealkylation sites (tertiary alicyclic amines) is 1. The number of hydrogen-bond donors (Lipinski definition) is 2. The minimum Gasteiger partial charge on any atom is -0.377 e. The van der Waals surface area contributed by atoms with Crippen LogP contribution in [-0.2, 0) is 0 Å². The second kappa shape index (κ2) is 8.69. The fourth-order valence-electron chi connectivity index (χ4n) is 3.97. The SMILES string of the molecule is C[C@@H]1C[C@@H](C)CN(CCCNC(=O)c2ccc(NC3CC3)c([N+](=O)[O-])c2)C1. The van der Waals surface area contributed by atoms with Gasteiger partial charge in [0.05, 0.1) is 4.92 Å². The molecule has 3 rings (SSSR count). The van der Waals surface area contributed by atoms with E-state index in [0.29, 0.717) is 23.8 Å². The number of nitro groups is 1. The lowest BCUT2D eigenvalue weighted by Gasteiger charge is -2.34. The number of piperidine rings is 1. The number of amides is 1. The van der Waals surface area contributed by atoms with E-state index in [1.165, 1.54) is 12.5 Å². The van der Waals surface area contributed by atoms with E-state index in [-0.39, 0.29) is 11.6 Å². The zero-order valence-corrected chi connectivity index (χ0v) is 16.2. The normalized spacial score (nSPS) is 23.0. The lowest BCUT2D eigenvalue weighted by atomic mass is 9.92. The zero-order chi connectivity index (χ0) is 19.4. The Labute approximate surface area is 160 Å². The van der Waals surface area contributed by atoms with Gasteiger partial charge in [0, 0.05) is 37.3 Å². The van der Waals surface area contributed by atoms with E-state index >= 15 is 0 Å². The number of carbonyl (C=O) groups excluding carboxylic acids is 1. The Morgan fingerprint density at radius 2 is 1.96 bits per heavy atom. The Kier molecular flexibility index (Phi) is 6.31. The van der Waals surface area contributed by atoms with Crippen molar-refractivity contribution in [2.45, 2.75) is 45.6 Å². The minimum atomic E-state index is -0.430. The number of nitrogens with one attached hydrogen (secondary N) is 2. The molecule has 1 amide bonds. The molecule has 2 aliphatic rings. The van der Waals surface area contributed by atoms with Crippen LogP contribution in [0.2, 0.25) is 0 Å². The largest absolute Gasteiger partial charge is 0.377 e. The highest BCUT2D eigenvalue weighted by Crippen LogP contribution is 2.31. The molecule has 0 unspecified atom stereocenters. The van der Waals surface area contributed by atoms with Crippen LogP contribution in [0.5, 0.6) is 0 Å². The number of nitro benzene ring substituents is 1. The van der Waals surface area contributed by atoms with Gasteiger partial charge in [-0.2, -0.15) is 0 Å². The summed E-state index contributed by atoms with van der Waals surface area (Å²) in [6, 6.07) is 4.99. The molecule has 7 heteroatoms. The van der Waals surface area contributed by atoms with Crippen LogP contribution < -0.4 is 10.6 Å². The molecule has 148 valence electrons. The highest BCUT2D eigenvalue weighted by Gasteiger charge is 2.25. The summed E-state index contributed by atoms with van der Waals surface area (Å²) < 4.78 is 0. The molecule has 2 fully saturated rings. The van der Waals surface area contributed by atoms with Gasteiger partial charge in [-0.25, -0.2) is 0 Å². The van der Waals surface area contributed by atoms with Gasteiger partial charge in [-0.1, -0.05) is 13.8 Å². The van der Waals surface area contributed by atoms with Crippen molar-refractivity contribution in [1.82, 2.24) is 10.2 Å². The van der Waals surface area contributed by atoms with Crippen LogP contribution in [0.1, 0.15) is 49.9 Å². The van der Waals surface area contributed by atoms with Gasteiger partial charge < -0.3 is 15.5 Å². The molecule has 0 bridgehead atoms. The summed E-state index contributed by atoms with van der Waals surface area (Å²) in [5.41, 5.74) is 0.793. The Hall–Kier alpha value is -2.15. The molecule has 0 spiro atoms. The highest BCUT2D eigenvalue weighted by molar-refractivity contribution is 5.95. The Bertz CT molecular complexity index is 680. The lowest BCUT2D eigenvalue weighted by Crippen LogP contribution is -2.40. The molecule has 1 saturated heterocycles. The van der Waals surface area contributed by atoms with Crippen LogP contribution in [-0.4, -0.2) is 48.0 Å². The molecule has 1 heterocycles. The van der Waals surface area contributed by atoms with Gasteiger partial charge in [0.15, 0.2) is 0 Å². The average molecular weight is 374 g/mol. The van der Waals surface area contributed by atoms with Crippen molar-refractivity contribution in [3.8, 4) is 0 Å². The summed E-state index contributed by atoms with van der Waals surface area (Å²) in [6.07, 6.45) is 4.24. The molecule has 1 aliphatic carbocycles. The first kappa shape index (κ1) is 19.6. The van der Waals surface area contributed by atoms with Crippen molar-refractivity contribution in [3.63, 3.8) is 0 Å². The Morgan fingerprint density at radius 3 is 2.59 bits per heavy atom. The van der Waals surface area contributed by atoms with Crippen LogP contribution >= 0.6 is 0 Å². The zero-order valence-electron chi connectivity index (χ0n) is 16.2. The van der Waals surface area contributed by atoms with Crippen molar-refractivity contribution in [3.05, 3.63) is 33.9 Å². The predicted octanol–water partition coefficient (Wildman–Crippen LogP) is 3.27. The molecular weight excluding hydrogens is 344 g/mol. The van der Waals surface area contributed by atoms with E-state index in [1.54, 1.807) is 12.1 Å². The molecule has 2 atom stereocenters. The number of carbonyl (C=O) groups is 1. The van der Waals surface area contributed by atoms with Crippen molar-refractivity contribution in [2.75, 3.05) is 31.5 Å². The predicted molar refractivity (Wildman–Crippen MR) is 106 cm³/mol. The first-order chi connectivity index (χ1) is 12.9. The van der Waals surface area contributed by atoms with E-state index in [9.17, 15) is 14.9 Å². The minimum absolute atomic E-state index is 0.0363. The summed E-state index contributed by atoms with van der Waals surface area (Å²) >= 11 is 0. The van der Waals surface area contributed by atoms with E-state index in [1.807, 2.05) is 0 Å². The van der Waals surface area contributed by atoms with Crippen LogP contribution in [0.15, 0.2) is 18.2 Å². The molecule has 2 N–H and O–H groups in total. The number of anilines is 1. The maximum absolute atomic E-state index is 12.4. The monoisotopic (exact) mass is 374 g/mol. The fourth-order valence-corrected chi connectivity index (χ4v) is 3.97. The molecular formula is C20H30N4O3. The third-order valence-electron chi connectivity index (χ3n) is 5.27. The van der Waals surface area contributed by atoms with Gasteiger partial charge in [-0.15, -0.1) is 0 Å². The molecule has 27 heavy (non-hydrogen) atoms. The van der Waals surface area contributed by atoms with Crippen molar-refractivity contribution < 1.29 is 9.72 Å².